The molecule has 0 aliphatic carbocycles. The van der Waals surface area contributed by atoms with Gasteiger partial charge in [0, 0.05) is 0 Å². The lowest BCUT2D eigenvalue weighted by molar-refractivity contribution is -0.298. The van der Waals surface area contributed by atoms with Crippen molar-refractivity contribution < 1.29 is 57.0 Å². The van der Waals surface area contributed by atoms with E-state index in [1.165, 1.54) is 128 Å². The van der Waals surface area contributed by atoms with Crippen molar-refractivity contribution in [3.8, 4) is 0 Å². The summed E-state index contributed by atoms with van der Waals surface area (Å²) in [6.45, 7) is 3.19. The minimum atomic E-state index is -5.12. The lowest BCUT2D eigenvalue weighted by atomic mass is 9.99. The predicted molar refractivity (Wildman–Crippen MR) is 233 cm³/mol. The number of allylic oxidation sites excluding steroid dienone is 3. The average molecular weight is 864 g/mol. The molecule has 0 radical (unpaired) electrons. The van der Waals surface area contributed by atoms with Gasteiger partial charge in [-0.15, -0.1) is 0 Å². The largest absolute Gasteiger partial charge is 0.397 e. The molecule has 0 aromatic carbocycles. The second-order valence-electron chi connectivity index (χ2n) is 16.5. The van der Waals surface area contributed by atoms with Gasteiger partial charge in [0.15, 0.2) is 6.29 Å². The maximum absolute atomic E-state index is 13.1. The van der Waals surface area contributed by atoms with E-state index in [0.29, 0.717) is 12.8 Å². The summed E-state index contributed by atoms with van der Waals surface area (Å²) in [5.74, 6) is -0.711. The first-order chi connectivity index (χ1) is 28.4. The highest BCUT2D eigenvalue weighted by Gasteiger charge is 2.48. The number of amides is 1. The summed E-state index contributed by atoms with van der Waals surface area (Å²) in [6.07, 6.45) is 28.3. The summed E-state index contributed by atoms with van der Waals surface area (Å²) in [4.78, 5) is 13.1. The van der Waals surface area contributed by atoms with Gasteiger partial charge in [0.1, 0.15) is 30.5 Å². The molecule has 1 rings (SSSR count). The topological polar surface area (TPSA) is 212 Å². The molecule has 7 N–H and O–H groups in total. The van der Waals surface area contributed by atoms with E-state index in [2.05, 4.69) is 35.5 Å². The molecule has 1 fully saturated rings. The molecular formula is C45H85NO12S. The Morgan fingerprint density at radius 3 is 1.63 bits per heavy atom. The van der Waals surface area contributed by atoms with Gasteiger partial charge in [-0.2, -0.15) is 8.42 Å². The first-order valence-corrected chi connectivity index (χ1v) is 24.7. The van der Waals surface area contributed by atoms with Crippen molar-refractivity contribution in [2.24, 2.45) is 0 Å². The number of carbonyl (C=O) groups excluding carboxylic acids is 1. The molecule has 59 heavy (non-hydrogen) atoms. The van der Waals surface area contributed by atoms with E-state index in [1.54, 1.807) is 6.08 Å². The molecule has 0 aromatic heterocycles. The van der Waals surface area contributed by atoms with E-state index in [1.807, 2.05) is 0 Å². The number of hydrogen-bond acceptors (Lipinski definition) is 11. The van der Waals surface area contributed by atoms with Crippen LogP contribution in [0.4, 0.5) is 0 Å². The number of nitrogens with one attached hydrogen (secondary N) is 1. The van der Waals surface area contributed by atoms with Crippen LogP contribution in [0.2, 0.25) is 0 Å². The van der Waals surface area contributed by atoms with Gasteiger partial charge in [-0.3, -0.25) is 9.35 Å². The fourth-order valence-corrected chi connectivity index (χ4v) is 7.87. The molecule has 0 bridgehead atoms. The average Bonchev–Trinajstić information content (AvgIpc) is 3.20. The molecule has 0 aromatic rings. The van der Waals surface area contributed by atoms with Gasteiger partial charge in [-0.25, -0.2) is 4.18 Å². The molecule has 1 amide bonds. The quantitative estimate of drug-likeness (QED) is 0.0179. The second kappa shape index (κ2) is 36.1. The Morgan fingerprint density at radius 2 is 1.14 bits per heavy atom. The zero-order valence-electron chi connectivity index (χ0n) is 36.7. The molecule has 13 nitrogen and oxygen atoms in total. The Balaban J connectivity index is 2.62. The molecule has 0 saturated carbocycles. The number of hydrogen-bond donors (Lipinski definition) is 7. The zero-order valence-corrected chi connectivity index (χ0v) is 37.5. The second-order valence-corrected chi connectivity index (χ2v) is 17.5. The fraction of sp³-hybridized carbons (Fsp3) is 0.889. The zero-order chi connectivity index (χ0) is 43.6. The molecule has 1 aliphatic heterocycles. The number of aliphatic hydroxyl groups excluding tert-OH is 5. The van der Waals surface area contributed by atoms with Crippen LogP contribution in [0.15, 0.2) is 24.3 Å². The third-order valence-corrected chi connectivity index (χ3v) is 11.6. The van der Waals surface area contributed by atoms with Crippen molar-refractivity contribution >= 4 is 16.3 Å². The highest BCUT2D eigenvalue weighted by Crippen LogP contribution is 2.26. The van der Waals surface area contributed by atoms with Crippen molar-refractivity contribution in [3.05, 3.63) is 24.3 Å². The Hall–Kier alpha value is -1.46. The van der Waals surface area contributed by atoms with Gasteiger partial charge < -0.3 is 40.3 Å². The summed E-state index contributed by atoms with van der Waals surface area (Å²) >= 11 is 0. The molecule has 348 valence electrons. The first kappa shape index (κ1) is 55.6. The Labute approximate surface area is 357 Å². The van der Waals surface area contributed by atoms with Gasteiger partial charge in [0.2, 0.25) is 5.91 Å². The van der Waals surface area contributed by atoms with Crippen molar-refractivity contribution in [1.29, 1.82) is 0 Å². The third-order valence-electron chi connectivity index (χ3n) is 11.1. The van der Waals surface area contributed by atoms with Gasteiger partial charge in [-0.1, -0.05) is 186 Å². The van der Waals surface area contributed by atoms with Crippen molar-refractivity contribution in [2.45, 2.75) is 243 Å². The lowest BCUT2D eigenvalue weighted by Gasteiger charge is -2.41. The van der Waals surface area contributed by atoms with Crippen molar-refractivity contribution in [2.75, 3.05) is 13.2 Å². The highest BCUT2D eigenvalue weighted by molar-refractivity contribution is 7.80. The fourth-order valence-electron chi connectivity index (χ4n) is 7.36. The van der Waals surface area contributed by atoms with Crippen LogP contribution < -0.4 is 5.32 Å². The molecule has 1 saturated heterocycles. The van der Waals surface area contributed by atoms with E-state index >= 15 is 0 Å². The highest BCUT2D eigenvalue weighted by atomic mass is 32.3. The molecular weight excluding hydrogens is 779 g/mol. The van der Waals surface area contributed by atoms with Gasteiger partial charge in [0.25, 0.3) is 0 Å². The standard InChI is InChI=1S/C45H85NO12S/c1-3-5-7-9-11-13-15-17-18-19-20-22-23-25-27-29-31-33-38(48)37(36-56-45-42(51)43(58-59(53,54)55)41(50)40(35-47)57-45)46-44(52)39(49)34-32-30-28-26-24-21-16-14-12-10-8-6-4-2/h23,25,31,33,37-43,45,47-51H,3-22,24,26-30,32,34-36H2,1-2H3,(H,46,52)(H,53,54,55)/b25-23+,33-31+. The number of rotatable bonds is 39. The van der Waals surface area contributed by atoms with Crippen LogP contribution in [0.3, 0.4) is 0 Å². The monoisotopic (exact) mass is 864 g/mol. The minimum absolute atomic E-state index is 0.240. The Bertz CT molecular complexity index is 1170. The van der Waals surface area contributed by atoms with Crippen molar-refractivity contribution in [3.63, 3.8) is 0 Å². The Kier molecular flexibility index (Phi) is 34.0. The van der Waals surface area contributed by atoms with E-state index in [9.17, 15) is 43.3 Å². The predicted octanol–water partition coefficient (Wildman–Crippen LogP) is 7.91. The van der Waals surface area contributed by atoms with Gasteiger partial charge >= 0.3 is 10.4 Å². The number of carbonyl (C=O) groups is 1. The van der Waals surface area contributed by atoms with Crippen LogP contribution in [0, 0.1) is 0 Å². The maximum atomic E-state index is 13.1. The van der Waals surface area contributed by atoms with E-state index < -0.39 is 78.5 Å². The van der Waals surface area contributed by atoms with Crippen LogP contribution in [-0.2, 0) is 28.9 Å². The molecule has 0 spiro atoms. The number of unbranched alkanes of at least 4 members (excludes halogenated alkanes) is 24. The van der Waals surface area contributed by atoms with E-state index in [0.717, 1.165) is 38.5 Å². The van der Waals surface area contributed by atoms with Crippen LogP contribution in [0.1, 0.15) is 194 Å². The van der Waals surface area contributed by atoms with E-state index in [4.69, 9.17) is 9.47 Å². The van der Waals surface area contributed by atoms with Crippen LogP contribution >= 0.6 is 0 Å². The Morgan fingerprint density at radius 1 is 0.678 bits per heavy atom. The molecule has 8 unspecified atom stereocenters. The first-order valence-electron chi connectivity index (χ1n) is 23.3. The SMILES string of the molecule is CCCCCCCCCCCCC/C=C/CC/C=C/C(O)C(COC1OC(CO)C(O)C(OS(=O)(=O)O)C1O)NC(=O)C(O)CCCCCCCCCCCCCCC. The van der Waals surface area contributed by atoms with Crippen LogP contribution in [-0.4, -0.2) is 107 Å². The summed E-state index contributed by atoms with van der Waals surface area (Å²) < 4.78 is 47.5. The van der Waals surface area contributed by atoms with Crippen LogP contribution in [0.25, 0.3) is 0 Å². The van der Waals surface area contributed by atoms with E-state index in [-0.39, 0.29) is 6.42 Å². The van der Waals surface area contributed by atoms with Crippen molar-refractivity contribution in [1.82, 2.24) is 5.32 Å². The van der Waals surface area contributed by atoms with Gasteiger partial charge in [0.05, 0.1) is 25.4 Å². The molecule has 1 heterocycles. The lowest BCUT2D eigenvalue weighted by Crippen LogP contribution is -2.61. The molecule has 1 aliphatic rings. The van der Waals surface area contributed by atoms with Gasteiger partial charge in [-0.05, 0) is 32.1 Å². The summed E-state index contributed by atoms with van der Waals surface area (Å²) in [6, 6.07) is -1.13. The summed E-state index contributed by atoms with van der Waals surface area (Å²) in [5.41, 5.74) is 0. The minimum Gasteiger partial charge on any atom is -0.394 e. The summed E-state index contributed by atoms with van der Waals surface area (Å²) in [7, 11) is -5.12. The van der Waals surface area contributed by atoms with Crippen LogP contribution in [0.5, 0.6) is 0 Å². The smallest absolute Gasteiger partial charge is 0.394 e. The number of ether oxygens (including phenoxy) is 2. The third kappa shape index (κ3) is 28.7. The summed E-state index contributed by atoms with van der Waals surface area (Å²) in [5, 5.41) is 55.1. The maximum Gasteiger partial charge on any atom is 0.397 e. The molecule has 14 heteroatoms. The normalized spacial score (nSPS) is 21.7. The molecule has 8 atom stereocenters. The number of aliphatic hydroxyl groups is 5.